The molecular formula is C37H38ClN9O8. The Morgan fingerprint density at radius 2 is 1.76 bits per heavy atom. The molecule has 0 spiro atoms. The van der Waals surface area contributed by atoms with Crippen molar-refractivity contribution in [1.29, 1.82) is 0 Å². The van der Waals surface area contributed by atoms with E-state index in [2.05, 4.69) is 42.8 Å². The Morgan fingerprint density at radius 1 is 0.982 bits per heavy atom. The second-order valence-electron chi connectivity index (χ2n) is 13.3. The number of aryl methyl sites for hydroxylation is 1. The number of likely N-dealkylation sites (N-methyl/N-ethyl adjacent to an activating group) is 2. The topological polar surface area (TPSA) is 197 Å². The zero-order chi connectivity index (χ0) is 38.8. The van der Waals surface area contributed by atoms with Crippen molar-refractivity contribution in [2.24, 2.45) is 0 Å². The molecule has 0 aliphatic carbocycles. The summed E-state index contributed by atoms with van der Waals surface area (Å²) in [6.07, 6.45) is 1.99. The van der Waals surface area contributed by atoms with Gasteiger partial charge in [-0.3, -0.25) is 39.0 Å². The highest BCUT2D eigenvalue weighted by atomic mass is 35.5. The second kappa shape index (κ2) is 15.7. The number of carbonyl (C=O) groups is 5. The number of imide groups is 2. The van der Waals surface area contributed by atoms with Crippen molar-refractivity contribution in [3.8, 4) is 11.5 Å². The number of ether oxygens (including phenoxy) is 2. The van der Waals surface area contributed by atoms with Crippen LogP contribution in [0.25, 0.3) is 10.9 Å². The number of piperazine rings is 1. The fourth-order valence-electron chi connectivity index (χ4n) is 6.67. The molecule has 0 radical (unpaired) electrons. The number of carbonyl (C=O) groups excluding carboxylic acids is 5. The summed E-state index contributed by atoms with van der Waals surface area (Å²) in [6.45, 7) is 3.34. The monoisotopic (exact) mass is 771 g/mol. The molecule has 1 atom stereocenters. The molecule has 286 valence electrons. The number of benzene rings is 2. The average Bonchev–Trinajstić information content (AvgIpc) is 3.42. The Labute approximate surface area is 319 Å². The number of piperidine rings is 1. The van der Waals surface area contributed by atoms with Crippen molar-refractivity contribution in [3.63, 3.8) is 0 Å². The van der Waals surface area contributed by atoms with Crippen molar-refractivity contribution in [3.05, 3.63) is 75.2 Å². The van der Waals surface area contributed by atoms with Gasteiger partial charge in [-0.1, -0.05) is 11.6 Å². The van der Waals surface area contributed by atoms with Crippen LogP contribution >= 0.6 is 11.6 Å². The number of anilines is 3. The lowest BCUT2D eigenvalue weighted by atomic mass is 10.0. The molecule has 2 saturated heterocycles. The molecule has 3 aliphatic rings. The first-order valence-corrected chi connectivity index (χ1v) is 18.1. The van der Waals surface area contributed by atoms with E-state index in [0.29, 0.717) is 45.5 Å². The Morgan fingerprint density at radius 3 is 2.53 bits per heavy atom. The van der Waals surface area contributed by atoms with Crippen LogP contribution in [0.1, 0.15) is 40.0 Å². The molecular weight excluding hydrogens is 734 g/mol. The van der Waals surface area contributed by atoms with Gasteiger partial charge in [-0.2, -0.15) is 4.98 Å². The highest BCUT2D eigenvalue weighted by Gasteiger charge is 2.44. The van der Waals surface area contributed by atoms with Crippen molar-refractivity contribution >= 4 is 69.5 Å². The van der Waals surface area contributed by atoms with Crippen molar-refractivity contribution < 1.29 is 33.4 Å². The zero-order valence-electron chi connectivity index (χ0n) is 30.1. The van der Waals surface area contributed by atoms with E-state index in [1.54, 1.807) is 30.5 Å². The van der Waals surface area contributed by atoms with Gasteiger partial charge in [0.15, 0.2) is 18.2 Å². The van der Waals surface area contributed by atoms with E-state index in [1.165, 1.54) is 23.7 Å². The number of fused-ring (bicyclic) bond motifs is 2. The molecule has 1 unspecified atom stereocenters. The third kappa shape index (κ3) is 7.79. The Kier molecular flexibility index (Phi) is 10.7. The molecule has 2 aromatic heterocycles. The number of nitrogens with one attached hydrogen (secondary N) is 3. The molecule has 3 aliphatic heterocycles. The van der Waals surface area contributed by atoms with Gasteiger partial charge in [0.05, 0.1) is 29.4 Å². The van der Waals surface area contributed by atoms with Crippen LogP contribution in [0, 0.1) is 0 Å². The first-order chi connectivity index (χ1) is 26.5. The second-order valence-corrected chi connectivity index (χ2v) is 13.7. The standard InChI is InChI=1S/C37H38ClN9O8/c1-39-31(49)20-55-29-17-21-16-22(41-32-26(38)19-40-37(43-32)45-13-11-44(2)12-14-45)4-7-27(21)46(36(29)53)10-3-15-54-23-5-6-24-25(18-23)35(52)47(34(24)51)28-8-9-30(48)42-33(28)50/h4-7,16-19,28H,3,8-15,20H2,1-2H3,(H,39,49)(H,40,41,43)(H,42,48,50). The Balaban J connectivity index is 1.07. The summed E-state index contributed by atoms with van der Waals surface area (Å²) in [5, 5.41) is 8.91. The molecule has 17 nitrogen and oxygen atoms in total. The van der Waals surface area contributed by atoms with Crippen LogP contribution in [-0.2, 0) is 20.9 Å². The van der Waals surface area contributed by atoms with Crippen LogP contribution in [-0.4, -0.2) is 113 Å². The highest BCUT2D eigenvalue weighted by Crippen LogP contribution is 2.31. The van der Waals surface area contributed by atoms with Crippen LogP contribution in [0.15, 0.2) is 53.5 Å². The maximum atomic E-state index is 13.7. The molecule has 18 heteroatoms. The van der Waals surface area contributed by atoms with Gasteiger partial charge in [0.25, 0.3) is 23.3 Å². The maximum Gasteiger partial charge on any atom is 0.293 e. The van der Waals surface area contributed by atoms with E-state index in [4.69, 9.17) is 21.1 Å². The molecule has 0 bridgehead atoms. The number of aromatic nitrogens is 3. The minimum atomic E-state index is -1.07. The normalized spacial score (nSPS) is 17.3. The molecule has 3 N–H and O–H groups in total. The average molecular weight is 772 g/mol. The fraction of sp³-hybridized carbons (Fsp3) is 0.351. The lowest BCUT2D eigenvalue weighted by Crippen LogP contribution is -2.54. The molecule has 0 saturated carbocycles. The highest BCUT2D eigenvalue weighted by molar-refractivity contribution is 6.33. The summed E-state index contributed by atoms with van der Waals surface area (Å²) in [6, 6.07) is 10.4. The number of halogens is 1. The number of rotatable bonds is 12. The van der Waals surface area contributed by atoms with E-state index in [-0.39, 0.29) is 49.5 Å². The van der Waals surface area contributed by atoms with E-state index >= 15 is 0 Å². The van der Waals surface area contributed by atoms with Gasteiger partial charge in [0, 0.05) is 57.3 Å². The minimum absolute atomic E-state index is 0.0195. The summed E-state index contributed by atoms with van der Waals surface area (Å²) in [5.41, 5.74) is 1.04. The molecule has 5 heterocycles. The van der Waals surface area contributed by atoms with Crippen molar-refractivity contribution in [2.75, 3.05) is 63.7 Å². The van der Waals surface area contributed by atoms with Gasteiger partial charge in [0.2, 0.25) is 17.8 Å². The molecule has 55 heavy (non-hydrogen) atoms. The predicted octanol–water partition coefficient (Wildman–Crippen LogP) is 1.94. The van der Waals surface area contributed by atoms with E-state index < -0.39 is 41.1 Å². The van der Waals surface area contributed by atoms with Crippen molar-refractivity contribution in [2.45, 2.75) is 31.8 Å². The first kappa shape index (κ1) is 37.3. The van der Waals surface area contributed by atoms with Crippen LogP contribution in [0.4, 0.5) is 17.5 Å². The molecule has 4 aromatic rings. The fourth-order valence-corrected chi connectivity index (χ4v) is 6.81. The van der Waals surface area contributed by atoms with E-state index in [9.17, 15) is 28.8 Å². The summed E-state index contributed by atoms with van der Waals surface area (Å²) in [7, 11) is 3.54. The van der Waals surface area contributed by atoms with Crippen LogP contribution in [0.2, 0.25) is 5.02 Å². The molecule has 7 rings (SSSR count). The largest absolute Gasteiger partial charge is 0.494 e. The summed E-state index contributed by atoms with van der Waals surface area (Å²) in [5.74, 6) is -1.51. The Hall–Kier alpha value is -6.07. The van der Waals surface area contributed by atoms with Gasteiger partial charge < -0.3 is 34.5 Å². The number of hydrogen-bond donors (Lipinski definition) is 3. The van der Waals surface area contributed by atoms with Crippen LogP contribution in [0.3, 0.4) is 0 Å². The molecule has 2 fully saturated rings. The zero-order valence-corrected chi connectivity index (χ0v) is 30.9. The summed E-state index contributed by atoms with van der Waals surface area (Å²) < 4.78 is 13.1. The molecule has 2 aromatic carbocycles. The quantitative estimate of drug-likeness (QED) is 0.140. The van der Waals surface area contributed by atoms with Crippen molar-refractivity contribution in [1.82, 2.24) is 35.0 Å². The smallest absolute Gasteiger partial charge is 0.293 e. The van der Waals surface area contributed by atoms with Crippen LogP contribution in [0.5, 0.6) is 11.5 Å². The third-order valence-electron chi connectivity index (χ3n) is 9.68. The maximum absolute atomic E-state index is 13.7. The molecule has 5 amide bonds. The van der Waals surface area contributed by atoms with Gasteiger partial charge in [-0.05, 0) is 62.4 Å². The number of pyridine rings is 1. The van der Waals surface area contributed by atoms with Crippen LogP contribution < -0.4 is 35.9 Å². The lowest BCUT2D eigenvalue weighted by molar-refractivity contribution is -0.136. The van der Waals surface area contributed by atoms with Gasteiger partial charge in [-0.25, -0.2) is 4.98 Å². The predicted molar refractivity (Wildman–Crippen MR) is 201 cm³/mol. The third-order valence-corrected chi connectivity index (χ3v) is 9.96. The van der Waals surface area contributed by atoms with Gasteiger partial charge in [-0.15, -0.1) is 0 Å². The number of hydrogen-bond acceptors (Lipinski definition) is 13. The summed E-state index contributed by atoms with van der Waals surface area (Å²) >= 11 is 6.50. The SMILES string of the molecule is CNC(=O)COc1cc2cc(Nc3nc(N4CCN(C)CC4)ncc3Cl)ccc2n(CCCOc2ccc3c(c2)C(=O)N(C2CCC(=O)NC2=O)C3=O)c1=O. The van der Waals surface area contributed by atoms with E-state index in [0.717, 1.165) is 31.1 Å². The number of amides is 5. The first-order valence-electron chi connectivity index (χ1n) is 17.7. The number of nitrogens with zero attached hydrogens (tertiary/aromatic N) is 6. The van der Waals surface area contributed by atoms with Gasteiger partial charge >= 0.3 is 0 Å². The lowest BCUT2D eigenvalue weighted by Gasteiger charge is -2.32. The Bertz CT molecular complexity index is 2270. The van der Waals surface area contributed by atoms with Gasteiger partial charge in [0.1, 0.15) is 16.8 Å². The van der Waals surface area contributed by atoms with E-state index in [1.807, 2.05) is 6.07 Å². The summed E-state index contributed by atoms with van der Waals surface area (Å²) in [4.78, 5) is 90.3. The minimum Gasteiger partial charge on any atom is -0.494 e.